The predicted octanol–water partition coefficient (Wildman–Crippen LogP) is 3.78. The summed E-state index contributed by atoms with van der Waals surface area (Å²) in [6.07, 6.45) is 0. The first kappa shape index (κ1) is 25.6. The molecule has 0 bridgehead atoms. The zero-order chi connectivity index (χ0) is 25.6. The number of aromatic nitrogens is 1. The Labute approximate surface area is 220 Å². The number of morpholine rings is 1. The molecular weight excluding hydrogens is 466 g/mol. The first-order valence-electron chi connectivity index (χ1n) is 13.2. The molecule has 0 aliphatic carbocycles. The minimum absolute atomic E-state index is 0.661. The van der Waals surface area contributed by atoms with Crippen molar-refractivity contribution in [2.24, 2.45) is 0 Å². The lowest BCUT2D eigenvalue weighted by Crippen LogP contribution is -2.44. The average molecular weight is 506 g/mol. The smallest absolute Gasteiger partial charge is 0.298 e. The summed E-state index contributed by atoms with van der Waals surface area (Å²) >= 11 is 0. The number of anilines is 2. The first-order chi connectivity index (χ1) is 18.1. The van der Waals surface area contributed by atoms with E-state index in [4.69, 9.17) is 18.9 Å². The maximum atomic E-state index is 6.42. The van der Waals surface area contributed by atoms with Crippen LogP contribution in [0.4, 0.5) is 11.7 Å². The number of oxazole rings is 1. The van der Waals surface area contributed by atoms with Crippen LogP contribution in [0.3, 0.4) is 0 Å². The molecule has 5 rings (SSSR count). The Hall–Kier alpha value is -3.07. The molecule has 0 atom stereocenters. The lowest BCUT2D eigenvalue weighted by atomic mass is 10.1. The van der Waals surface area contributed by atoms with E-state index in [-0.39, 0.29) is 0 Å². The number of methoxy groups -OCH3 is 1. The van der Waals surface area contributed by atoms with Crippen LogP contribution >= 0.6 is 0 Å². The number of hydrogen-bond acceptors (Lipinski definition) is 8. The van der Waals surface area contributed by atoms with Crippen molar-refractivity contribution < 1.29 is 13.9 Å². The van der Waals surface area contributed by atoms with Gasteiger partial charge in [-0.15, -0.1) is 0 Å². The quantitative estimate of drug-likeness (QED) is 0.436. The van der Waals surface area contributed by atoms with Gasteiger partial charge in [-0.3, -0.25) is 4.90 Å². The number of benzene rings is 2. The van der Waals surface area contributed by atoms with Gasteiger partial charge in [0.2, 0.25) is 0 Å². The summed E-state index contributed by atoms with van der Waals surface area (Å²) in [5.41, 5.74) is 4.62. The zero-order valence-corrected chi connectivity index (χ0v) is 22.4. The molecule has 3 aromatic rings. The number of ether oxygens (including phenoxy) is 2. The number of rotatable bonds is 9. The molecule has 0 radical (unpaired) electrons. The van der Waals surface area contributed by atoms with Gasteiger partial charge in [0.15, 0.2) is 0 Å². The maximum absolute atomic E-state index is 6.42. The first-order valence-corrected chi connectivity index (χ1v) is 13.2. The molecule has 0 unspecified atom stereocenters. The van der Waals surface area contributed by atoms with Gasteiger partial charge < -0.3 is 28.6 Å². The fraction of sp³-hybridized carbons (Fsp3) is 0.483. The Kier molecular flexibility index (Phi) is 8.28. The van der Waals surface area contributed by atoms with E-state index in [0.717, 1.165) is 81.8 Å². The molecule has 2 saturated heterocycles. The molecule has 2 aromatic carbocycles. The normalized spacial score (nSPS) is 17.2. The fourth-order valence-electron chi connectivity index (χ4n) is 4.98. The number of hydrogen-bond donors (Lipinski definition) is 0. The summed E-state index contributed by atoms with van der Waals surface area (Å²) in [6, 6.07) is 17.8. The minimum atomic E-state index is 0.661. The van der Waals surface area contributed by atoms with Crippen molar-refractivity contribution in [1.29, 1.82) is 0 Å². The SMILES string of the molecule is COc1cccc(CN(Cc2cccc(N3CCN(C)CC3)c2)c2nc(C)c(CN3CCOCC3)o2)c1. The van der Waals surface area contributed by atoms with Crippen LogP contribution in [0, 0.1) is 6.92 Å². The van der Waals surface area contributed by atoms with Crippen LogP contribution in [0.2, 0.25) is 0 Å². The topological polar surface area (TPSA) is 57.5 Å². The van der Waals surface area contributed by atoms with E-state index in [1.807, 2.05) is 19.1 Å². The summed E-state index contributed by atoms with van der Waals surface area (Å²) in [6.45, 7) is 11.8. The Balaban J connectivity index is 1.38. The summed E-state index contributed by atoms with van der Waals surface area (Å²) in [5, 5.41) is 0. The van der Waals surface area contributed by atoms with Gasteiger partial charge >= 0.3 is 0 Å². The molecule has 0 N–H and O–H groups in total. The Morgan fingerprint density at radius 1 is 0.919 bits per heavy atom. The van der Waals surface area contributed by atoms with E-state index in [0.29, 0.717) is 19.1 Å². The number of aryl methyl sites for hydroxylation is 1. The van der Waals surface area contributed by atoms with Gasteiger partial charge in [-0.25, -0.2) is 0 Å². The fourth-order valence-corrected chi connectivity index (χ4v) is 4.98. The molecule has 3 heterocycles. The molecule has 0 amide bonds. The van der Waals surface area contributed by atoms with E-state index in [9.17, 15) is 0 Å². The Morgan fingerprint density at radius 2 is 1.62 bits per heavy atom. The van der Waals surface area contributed by atoms with Crippen molar-refractivity contribution in [3.63, 3.8) is 0 Å². The average Bonchev–Trinajstić information content (AvgIpc) is 3.29. The summed E-state index contributed by atoms with van der Waals surface area (Å²) in [5.74, 6) is 1.78. The van der Waals surface area contributed by atoms with Crippen molar-refractivity contribution in [1.82, 2.24) is 14.8 Å². The third-order valence-electron chi connectivity index (χ3n) is 7.28. The molecule has 2 fully saturated rings. The molecule has 8 nitrogen and oxygen atoms in total. The monoisotopic (exact) mass is 505 g/mol. The second kappa shape index (κ2) is 12.0. The van der Waals surface area contributed by atoms with Gasteiger partial charge in [0.05, 0.1) is 32.6 Å². The van der Waals surface area contributed by atoms with Gasteiger partial charge in [0.25, 0.3) is 6.01 Å². The highest BCUT2D eigenvalue weighted by Crippen LogP contribution is 2.26. The molecule has 8 heteroatoms. The van der Waals surface area contributed by atoms with Crippen LogP contribution in [0.5, 0.6) is 5.75 Å². The molecular formula is C29H39N5O3. The third-order valence-corrected chi connectivity index (χ3v) is 7.28. The van der Waals surface area contributed by atoms with Gasteiger partial charge in [-0.05, 0) is 49.4 Å². The van der Waals surface area contributed by atoms with Gasteiger partial charge in [0.1, 0.15) is 11.5 Å². The Morgan fingerprint density at radius 3 is 2.35 bits per heavy atom. The van der Waals surface area contributed by atoms with Crippen LogP contribution in [0.1, 0.15) is 22.6 Å². The van der Waals surface area contributed by atoms with Crippen molar-refractivity contribution in [2.75, 3.05) is 76.4 Å². The molecule has 2 aliphatic heterocycles. The highest BCUT2D eigenvalue weighted by molar-refractivity contribution is 5.50. The van der Waals surface area contributed by atoms with Crippen LogP contribution in [0.15, 0.2) is 52.9 Å². The van der Waals surface area contributed by atoms with E-state index in [1.165, 1.54) is 11.3 Å². The van der Waals surface area contributed by atoms with Crippen molar-refractivity contribution in [3.8, 4) is 5.75 Å². The van der Waals surface area contributed by atoms with Gasteiger partial charge in [0, 0.05) is 58.0 Å². The Bertz CT molecular complexity index is 1150. The second-order valence-electron chi connectivity index (χ2n) is 10.1. The summed E-state index contributed by atoms with van der Waals surface area (Å²) in [4.78, 5) is 14.3. The standard InChI is InChI=1S/C29H39N5O3/c1-23-28(22-32-14-16-36-17-15-32)37-29(30-23)34(21-25-7-5-9-27(19-25)35-3)20-24-6-4-8-26(18-24)33-12-10-31(2)11-13-33/h4-9,18-19H,10-17,20-22H2,1-3H3. The highest BCUT2D eigenvalue weighted by atomic mass is 16.5. The van der Waals surface area contributed by atoms with Crippen LogP contribution in [0.25, 0.3) is 0 Å². The van der Waals surface area contributed by atoms with Crippen LogP contribution < -0.4 is 14.5 Å². The van der Waals surface area contributed by atoms with Crippen LogP contribution in [-0.4, -0.2) is 81.4 Å². The summed E-state index contributed by atoms with van der Waals surface area (Å²) in [7, 11) is 3.89. The largest absolute Gasteiger partial charge is 0.497 e. The molecule has 0 spiro atoms. The maximum Gasteiger partial charge on any atom is 0.298 e. The van der Waals surface area contributed by atoms with E-state index in [2.05, 4.69) is 63.0 Å². The van der Waals surface area contributed by atoms with Crippen molar-refractivity contribution >= 4 is 11.7 Å². The van der Waals surface area contributed by atoms with Crippen molar-refractivity contribution in [3.05, 3.63) is 71.1 Å². The van der Waals surface area contributed by atoms with Crippen LogP contribution in [-0.2, 0) is 24.4 Å². The molecule has 2 aliphatic rings. The second-order valence-corrected chi connectivity index (χ2v) is 10.1. The number of likely N-dealkylation sites (N-methyl/N-ethyl adjacent to an activating group) is 1. The molecule has 37 heavy (non-hydrogen) atoms. The molecule has 198 valence electrons. The zero-order valence-electron chi connectivity index (χ0n) is 22.4. The van der Waals surface area contributed by atoms with Gasteiger partial charge in [-0.1, -0.05) is 24.3 Å². The lowest BCUT2D eigenvalue weighted by molar-refractivity contribution is 0.0313. The highest BCUT2D eigenvalue weighted by Gasteiger charge is 2.21. The molecule has 0 saturated carbocycles. The number of piperazine rings is 1. The summed E-state index contributed by atoms with van der Waals surface area (Å²) < 4.78 is 17.4. The van der Waals surface area contributed by atoms with Gasteiger partial charge in [-0.2, -0.15) is 4.98 Å². The van der Waals surface area contributed by atoms with E-state index in [1.54, 1.807) is 7.11 Å². The third kappa shape index (κ3) is 6.63. The van der Waals surface area contributed by atoms with E-state index < -0.39 is 0 Å². The lowest BCUT2D eigenvalue weighted by Gasteiger charge is -2.34. The van der Waals surface area contributed by atoms with E-state index >= 15 is 0 Å². The minimum Gasteiger partial charge on any atom is -0.497 e. The van der Waals surface area contributed by atoms with Crippen molar-refractivity contribution in [2.45, 2.75) is 26.6 Å². The number of nitrogens with zero attached hydrogens (tertiary/aromatic N) is 5. The predicted molar refractivity (Wildman–Crippen MR) is 146 cm³/mol. The molecule has 1 aromatic heterocycles.